The summed E-state index contributed by atoms with van der Waals surface area (Å²) in [5.41, 5.74) is 1.89. The summed E-state index contributed by atoms with van der Waals surface area (Å²) >= 11 is 0. The quantitative estimate of drug-likeness (QED) is 0.905. The molecule has 3 rings (SSSR count). The van der Waals surface area contributed by atoms with Crippen LogP contribution in [0.25, 0.3) is 0 Å². The lowest BCUT2D eigenvalue weighted by molar-refractivity contribution is -0.138. The molecule has 0 amide bonds. The van der Waals surface area contributed by atoms with Crippen molar-refractivity contribution in [1.82, 2.24) is 9.88 Å². The predicted octanol–water partition coefficient (Wildman–Crippen LogP) is 3.37. The number of aliphatic carboxylic acids is 1. The lowest BCUT2D eigenvalue weighted by atomic mass is 9.65. The molecule has 0 bridgehead atoms. The molecule has 0 radical (unpaired) electrons. The van der Waals surface area contributed by atoms with Gasteiger partial charge in [0.1, 0.15) is 0 Å². The molecule has 4 heteroatoms. The van der Waals surface area contributed by atoms with Gasteiger partial charge in [-0.2, -0.15) is 0 Å². The molecule has 1 saturated carbocycles. The van der Waals surface area contributed by atoms with Gasteiger partial charge in [0.25, 0.3) is 0 Å². The molecule has 2 aliphatic rings. The summed E-state index contributed by atoms with van der Waals surface area (Å²) < 4.78 is 0. The van der Waals surface area contributed by atoms with Crippen LogP contribution in [-0.2, 0) is 11.2 Å². The van der Waals surface area contributed by atoms with Crippen molar-refractivity contribution in [3.63, 3.8) is 0 Å². The molecule has 1 saturated heterocycles. The van der Waals surface area contributed by atoms with Gasteiger partial charge in [-0.25, -0.2) is 0 Å². The molecule has 126 valence electrons. The maximum Gasteiger partial charge on any atom is 0.303 e. The van der Waals surface area contributed by atoms with E-state index in [1.807, 2.05) is 12.4 Å². The normalized spacial score (nSPS) is 22.3. The third kappa shape index (κ3) is 4.54. The molecule has 2 heterocycles. The molecule has 0 aromatic carbocycles. The molecular weight excluding hydrogens is 288 g/mol. The largest absolute Gasteiger partial charge is 0.481 e. The smallest absolute Gasteiger partial charge is 0.303 e. The summed E-state index contributed by atoms with van der Waals surface area (Å²) in [4.78, 5) is 17.5. The fraction of sp³-hybridized carbons (Fsp3) is 0.684. The molecule has 2 fully saturated rings. The first-order valence-corrected chi connectivity index (χ1v) is 8.98. The van der Waals surface area contributed by atoms with Gasteiger partial charge in [-0.3, -0.25) is 9.78 Å². The number of nitrogens with zero attached hydrogens (tertiary/aromatic N) is 2. The Bertz CT molecular complexity index is 499. The molecule has 23 heavy (non-hydrogen) atoms. The number of aromatic nitrogens is 1. The maximum absolute atomic E-state index is 10.9. The highest BCUT2D eigenvalue weighted by Gasteiger charge is 2.38. The van der Waals surface area contributed by atoms with Crippen molar-refractivity contribution >= 4 is 5.97 Å². The number of hydrogen-bond acceptors (Lipinski definition) is 3. The number of rotatable bonds is 5. The third-order valence-corrected chi connectivity index (χ3v) is 6.01. The van der Waals surface area contributed by atoms with Crippen molar-refractivity contribution < 1.29 is 9.90 Å². The van der Waals surface area contributed by atoms with Crippen molar-refractivity contribution in [3.05, 3.63) is 30.1 Å². The number of carbonyl (C=O) groups is 1. The second kappa shape index (κ2) is 7.43. The van der Waals surface area contributed by atoms with E-state index in [9.17, 15) is 4.79 Å². The average Bonchev–Trinajstić information content (AvgIpc) is 2.57. The number of hydrogen-bond donors (Lipinski definition) is 1. The zero-order valence-corrected chi connectivity index (χ0v) is 13.9. The first-order valence-electron chi connectivity index (χ1n) is 8.98. The second-order valence-corrected chi connectivity index (χ2v) is 7.49. The van der Waals surface area contributed by atoms with Crippen LogP contribution in [0.1, 0.15) is 50.5 Å². The van der Waals surface area contributed by atoms with Crippen molar-refractivity contribution in [2.45, 2.75) is 51.4 Å². The number of pyridine rings is 1. The Morgan fingerprint density at radius 2 is 1.83 bits per heavy atom. The van der Waals surface area contributed by atoms with Crippen LogP contribution in [0.5, 0.6) is 0 Å². The average molecular weight is 316 g/mol. The van der Waals surface area contributed by atoms with Crippen LogP contribution in [0.2, 0.25) is 0 Å². The van der Waals surface area contributed by atoms with Gasteiger partial charge >= 0.3 is 5.97 Å². The number of piperidine rings is 1. The van der Waals surface area contributed by atoms with Gasteiger partial charge in [-0.15, -0.1) is 0 Å². The molecule has 1 N–H and O–H groups in total. The van der Waals surface area contributed by atoms with Crippen molar-refractivity contribution in [1.29, 1.82) is 0 Å². The Hall–Kier alpha value is -1.42. The highest BCUT2D eigenvalue weighted by atomic mass is 16.4. The first kappa shape index (κ1) is 16.4. The summed E-state index contributed by atoms with van der Waals surface area (Å²) in [5, 5.41) is 8.94. The summed E-state index contributed by atoms with van der Waals surface area (Å²) in [7, 11) is 0. The van der Waals surface area contributed by atoms with Gasteiger partial charge in [0.15, 0.2) is 0 Å². The monoisotopic (exact) mass is 316 g/mol. The fourth-order valence-electron chi connectivity index (χ4n) is 4.33. The van der Waals surface area contributed by atoms with Crippen LogP contribution in [0.3, 0.4) is 0 Å². The van der Waals surface area contributed by atoms with E-state index in [1.165, 1.54) is 44.3 Å². The van der Waals surface area contributed by atoms with Crippen LogP contribution in [0, 0.1) is 11.3 Å². The van der Waals surface area contributed by atoms with Gasteiger partial charge in [-0.05, 0) is 87.1 Å². The Balaban J connectivity index is 1.41. The van der Waals surface area contributed by atoms with E-state index in [-0.39, 0.29) is 0 Å². The van der Waals surface area contributed by atoms with Gasteiger partial charge in [0.2, 0.25) is 0 Å². The standard InChI is InChI=1S/C19H28N2O2/c22-18(23)15-17-1-6-19(7-2-17)8-13-21(14-9-19)12-5-16-3-10-20-11-4-16/h3-4,10-11,17H,1-2,5-9,12-15H2,(H,22,23). The van der Waals surface area contributed by atoms with Crippen LogP contribution in [0.15, 0.2) is 24.5 Å². The lowest BCUT2D eigenvalue weighted by Crippen LogP contribution is -2.42. The maximum atomic E-state index is 10.9. The summed E-state index contributed by atoms with van der Waals surface area (Å²) in [6.45, 7) is 3.55. The molecule has 1 aliphatic heterocycles. The summed E-state index contributed by atoms with van der Waals surface area (Å²) in [5.74, 6) is -0.209. The first-order chi connectivity index (χ1) is 11.2. The van der Waals surface area contributed by atoms with E-state index in [0.29, 0.717) is 17.8 Å². The topological polar surface area (TPSA) is 53.4 Å². The highest BCUT2D eigenvalue weighted by Crippen LogP contribution is 2.46. The molecular formula is C19H28N2O2. The predicted molar refractivity (Wildman–Crippen MR) is 90.3 cm³/mol. The molecule has 0 unspecified atom stereocenters. The second-order valence-electron chi connectivity index (χ2n) is 7.49. The van der Waals surface area contributed by atoms with Gasteiger partial charge in [0.05, 0.1) is 0 Å². The minimum absolute atomic E-state index is 0.369. The minimum Gasteiger partial charge on any atom is -0.481 e. The van der Waals surface area contributed by atoms with E-state index in [2.05, 4.69) is 22.0 Å². The van der Waals surface area contributed by atoms with Crippen LogP contribution in [0.4, 0.5) is 0 Å². The van der Waals surface area contributed by atoms with Crippen LogP contribution < -0.4 is 0 Å². The SMILES string of the molecule is O=C(O)CC1CCC2(CC1)CCN(CCc1ccncc1)CC2. The van der Waals surface area contributed by atoms with E-state index >= 15 is 0 Å². The molecule has 4 nitrogen and oxygen atoms in total. The van der Waals surface area contributed by atoms with E-state index in [0.717, 1.165) is 25.8 Å². The number of carboxylic acids is 1. The molecule has 1 aliphatic carbocycles. The zero-order chi connectivity index (χ0) is 16.1. The van der Waals surface area contributed by atoms with Crippen LogP contribution in [-0.4, -0.2) is 40.6 Å². The number of likely N-dealkylation sites (tertiary alicyclic amines) is 1. The summed E-state index contributed by atoms with van der Waals surface area (Å²) in [6.07, 6.45) is 12.5. The van der Waals surface area contributed by atoms with Crippen molar-refractivity contribution in [2.75, 3.05) is 19.6 Å². The van der Waals surface area contributed by atoms with Gasteiger partial charge in [-0.1, -0.05) is 0 Å². The third-order valence-electron chi connectivity index (χ3n) is 6.01. The molecule has 0 atom stereocenters. The number of carboxylic acid groups (broad SMARTS) is 1. The Morgan fingerprint density at radius 3 is 2.43 bits per heavy atom. The minimum atomic E-state index is -0.628. The van der Waals surface area contributed by atoms with E-state index in [1.54, 1.807) is 0 Å². The van der Waals surface area contributed by atoms with E-state index < -0.39 is 5.97 Å². The molecule has 1 aromatic rings. The van der Waals surface area contributed by atoms with Crippen molar-refractivity contribution in [3.8, 4) is 0 Å². The Morgan fingerprint density at radius 1 is 1.17 bits per heavy atom. The van der Waals surface area contributed by atoms with Crippen LogP contribution >= 0.6 is 0 Å². The lowest BCUT2D eigenvalue weighted by Gasteiger charge is -2.46. The Kier molecular flexibility index (Phi) is 5.31. The van der Waals surface area contributed by atoms with Gasteiger partial charge < -0.3 is 10.0 Å². The Labute approximate surface area is 138 Å². The van der Waals surface area contributed by atoms with Gasteiger partial charge in [0, 0.05) is 25.4 Å². The summed E-state index contributed by atoms with van der Waals surface area (Å²) in [6, 6.07) is 4.21. The molecule has 1 aromatic heterocycles. The zero-order valence-electron chi connectivity index (χ0n) is 13.9. The highest BCUT2D eigenvalue weighted by molar-refractivity contribution is 5.67. The molecule has 1 spiro atoms. The van der Waals surface area contributed by atoms with E-state index in [4.69, 9.17) is 5.11 Å². The van der Waals surface area contributed by atoms with Crippen molar-refractivity contribution in [2.24, 2.45) is 11.3 Å². The fourth-order valence-corrected chi connectivity index (χ4v) is 4.33.